The average molecular weight is 434 g/mol. The number of nitrogens with zero attached hydrogens (tertiary/aromatic N) is 4. The molecular formula is C22H16ClN5O3. The minimum atomic E-state index is -0.385. The molecule has 6 rings (SSSR count). The van der Waals surface area contributed by atoms with Crippen LogP contribution in [0.4, 0.5) is 5.69 Å². The van der Waals surface area contributed by atoms with Crippen LogP contribution in [0.5, 0.6) is 11.8 Å². The van der Waals surface area contributed by atoms with Gasteiger partial charge in [-0.3, -0.25) is 4.79 Å². The van der Waals surface area contributed by atoms with Crippen molar-refractivity contribution >= 4 is 50.8 Å². The number of ether oxygens (including phenoxy) is 1. The van der Waals surface area contributed by atoms with E-state index in [1.54, 1.807) is 19.1 Å². The van der Waals surface area contributed by atoms with Crippen LogP contribution < -0.4 is 10.1 Å². The lowest BCUT2D eigenvalue weighted by Gasteiger charge is -2.10. The summed E-state index contributed by atoms with van der Waals surface area (Å²) in [6.07, 6.45) is 2.74. The molecule has 0 radical (unpaired) electrons. The molecule has 0 atom stereocenters. The molecular weight excluding hydrogens is 418 g/mol. The number of nitrogens with one attached hydrogen (secondary N) is 1. The van der Waals surface area contributed by atoms with Crippen molar-refractivity contribution in [1.29, 1.82) is 0 Å². The van der Waals surface area contributed by atoms with Crippen molar-refractivity contribution in [2.24, 2.45) is 4.99 Å². The molecule has 8 nitrogen and oxygen atoms in total. The highest BCUT2D eigenvalue weighted by Gasteiger charge is 2.25. The molecule has 31 heavy (non-hydrogen) atoms. The van der Waals surface area contributed by atoms with Crippen LogP contribution in [0.25, 0.3) is 21.9 Å². The summed E-state index contributed by atoms with van der Waals surface area (Å²) in [6, 6.07) is 7.32. The standard InChI is InChI=1S/C22H16ClN5O3/c1-10-9-24-18-17-11-5-8-16(31-21-12-3-2-4-13(12)27-22(23)28-21)26-14(11)6-7-15(17)30-19(18)20(29)25-10/h5-8,24H,2-4,9H2,1H3. The van der Waals surface area contributed by atoms with E-state index in [2.05, 4.69) is 25.3 Å². The Morgan fingerprint density at radius 3 is 2.94 bits per heavy atom. The van der Waals surface area contributed by atoms with E-state index < -0.39 is 0 Å². The number of hydrogen-bond acceptors (Lipinski definition) is 7. The Morgan fingerprint density at radius 2 is 2.03 bits per heavy atom. The molecule has 3 aromatic heterocycles. The van der Waals surface area contributed by atoms with Crippen LogP contribution in [0, 0.1) is 0 Å². The molecule has 1 N–H and O–H groups in total. The second kappa shape index (κ2) is 6.75. The summed E-state index contributed by atoms with van der Waals surface area (Å²) in [7, 11) is 0. The van der Waals surface area contributed by atoms with Crippen LogP contribution in [0.3, 0.4) is 0 Å². The van der Waals surface area contributed by atoms with Crippen LogP contribution in [-0.4, -0.2) is 33.1 Å². The first-order valence-electron chi connectivity index (χ1n) is 9.98. The maximum absolute atomic E-state index is 12.4. The van der Waals surface area contributed by atoms with Gasteiger partial charge in [0.1, 0.15) is 5.58 Å². The van der Waals surface area contributed by atoms with Crippen molar-refractivity contribution in [2.75, 3.05) is 11.9 Å². The molecule has 0 fully saturated rings. The van der Waals surface area contributed by atoms with Crippen molar-refractivity contribution in [3.8, 4) is 11.8 Å². The van der Waals surface area contributed by atoms with Crippen molar-refractivity contribution in [1.82, 2.24) is 15.0 Å². The second-order valence-electron chi connectivity index (χ2n) is 7.65. The summed E-state index contributed by atoms with van der Waals surface area (Å²) in [5, 5.41) is 5.10. The number of anilines is 1. The van der Waals surface area contributed by atoms with E-state index >= 15 is 0 Å². The molecule has 0 bridgehead atoms. The van der Waals surface area contributed by atoms with Gasteiger partial charge in [0.15, 0.2) is 0 Å². The van der Waals surface area contributed by atoms with Crippen molar-refractivity contribution < 1.29 is 13.9 Å². The minimum Gasteiger partial charge on any atom is -0.449 e. The zero-order valence-electron chi connectivity index (χ0n) is 16.5. The number of benzene rings is 1. The summed E-state index contributed by atoms with van der Waals surface area (Å²) in [5.74, 6) is 0.695. The van der Waals surface area contributed by atoms with Gasteiger partial charge in [0.25, 0.3) is 0 Å². The number of amides is 1. The van der Waals surface area contributed by atoms with Crippen LogP contribution in [-0.2, 0) is 12.8 Å². The second-order valence-corrected chi connectivity index (χ2v) is 7.98. The fraction of sp³-hybridized carbons (Fsp3) is 0.227. The molecule has 2 aliphatic rings. The molecule has 1 aromatic carbocycles. The van der Waals surface area contributed by atoms with Gasteiger partial charge >= 0.3 is 5.91 Å². The first kappa shape index (κ1) is 18.3. The Labute approximate surface area is 181 Å². The van der Waals surface area contributed by atoms with Crippen molar-refractivity contribution in [2.45, 2.75) is 26.2 Å². The summed E-state index contributed by atoms with van der Waals surface area (Å²) >= 11 is 6.07. The number of halogens is 1. The SMILES string of the molecule is CC1=NC(=O)c2oc3ccc4nc(Oc5nc(Cl)nc6c5CCC6)ccc4c3c2NC1. The Morgan fingerprint density at radius 1 is 1.13 bits per heavy atom. The summed E-state index contributed by atoms with van der Waals surface area (Å²) < 4.78 is 11.8. The predicted octanol–water partition coefficient (Wildman–Crippen LogP) is 4.73. The normalized spacial score (nSPS) is 15.4. The molecule has 154 valence electrons. The third kappa shape index (κ3) is 2.94. The van der Waals surface area contributed by atoms with Gasteiger partial charge in [-0.05, 0) is 56.0 Å². The number of furan rings is 1. The molecule has 9 heteroatoms. The quantitative estimate of drug-likeness (QED) is 0.456. The highest BCUT2D eigenvalue weighted by Crippen LogP contribution is 2.38. The van der Waals surface area contributed by atoms with E-state index in [0.717, 1.165) is 41.3 Å². The van der Waals surface area contributed by atoms with E-state index in [1.807, 2.05) is 12.1 Å². The topological polar surface area (TPSA) is 102 Å². The van der Waals surface area contributed by atoms with Crippen LogP contribution >= 0.6 is 11.6 Å². The van der Waals surface area contributed by atoms with Gasteiger partial charge in [0.05, 0.1) is 28.8 Å². The Bertz CT molecular complexity index is 1440. The Kier molecular flexibility index (Phi) is 3.97. The predicted molar refractivity (Wildman–Crippen MR) is 117 cm³/mol. The fourth-order valence-electron chi connectivity index (χ4n) is 4.19. The number of pyridine rings is 1. The minimum absolute atomic E-state index is 0.174. The van der Waals surface area contributed by atoms with E-state index in [0.29, 0.717) is 40.8 Å². The lowest BCUT2D eigenvalue weighted by Crippen LogP contribution is -2.08. The van der Waals surface area contributed by atoms with E-state index in [-0.39, 0.29) is 17.0 Å². The fourth-order valence-corrected chi connectivity index (χ4v) is 4.37. The molecule has 4 heterocycles. The molecule has 0 spiro atoms. The molecule has 0 saturated heterocycles. The van der Waals surface area contributed by atoms with Crippen molar-refractivity contribution in [3.05, 3.63) is 46.6 Å². The third-order valence-electron chi connectivity index (χ3n) is 5.57. The summed E-state index contributed by atoms with van der Waals surface area (Å²) in [6.45, 7) is 2.27. The number of aliphatic imine (C=N–C) groups is 1. The molecule has 4 aromatic rings. The van der Waals surface area contributed by atoms with Gasteiger partial charge < -0.3 is 14.5 Å². The number of aromatic nitrogens is 3. The van der Waals surface area contributed by atoms with Crippen LogP contribution in [0.1, 0.15) is 35.2 Å². The Balaban J connectivity index is 1.45. The molecule has 0 saturated carbocycles. The number of carbonyl (C=O) groups excluding carboxylic acids is 1. The number of aryl methyl sites for hydroxylation is 1. The van der Waals surface area contributed by atoms with Gasteiger partial charge in [-0.25, -0.2) is 15.0 Å². The Hall–Kier alpha value is -3.52. The third-order valence-corrected chi connectivity index (χ3v) is 5.74. The first-order chi connectivity index (χ1) is 15.1. The largest absolute Gasteiger partial charge is 0.449 e. The highest BCUT2D eigenvalue weighted by atomic mass is 35.5. The zero-order valence-corrected chi connectivity index (χ0v) is 17.3. The lowest BCUT2D eigenvalue weighted by molar-refractivity contribution is 0.0980. The number of hydrogen-bond donors (Lipinski definition) is 1. The average Bonchev–Trinajstić information content (AvgIpc) is 3.33. The number of carbonyl (C=O) groups is 1. The molecule has 1 amide bonds. The number of fused-ring (bicyclic) bond motifs is 6. The van der Waals surface area contributed by atoms with Gasteiger partial charge in [-0.15, -0.1) is 0 Å². The van der Waals surface area contributed by atoms with Crippen LogP contribution in [0.15, 0.2) is 33.7 Å². The van der Waals surface area contributed by atoms with Gasteiger partial charge in [-0.1, -0.05) is 0 Å². The summed E-state index contributed by atoms with van der Waals surface area (Å²) in [5.41, 5.74) is 4.58. The first-order valence-corrected chi connectivity index (χ1v) is 10.4. The number of rotatable bonds is 2. The molecule has 0 unspecified atom stereocenters. The maximum Gasteiger partial charge on any atom is 0.314 e. The highest BCUT2D eigenvalue weighted by molar-refractivity contribution is 6.28. The van der Waals surface area contributed by atoms with Gasteiger partial charge in [0.2, 0.25) is 22.8 Å². The monoisotopic (exact) mass is 433 g/mol. The van der Waals surface area contributed by atoms with Crippen molar-refractivity contribution in [3.63, 3.8) is 0 Å². The van der Waals surface area contributed by atoms with E-state index in [1.165, 1.54) is 0 Å². The van der Waals surface area contributed by atoms with Gasteiger partial charge in [-0.2, -0.15) is 4.98 Å². The van der Waals surface area contributed by atoms with E-state index in [9.17, 15) is 4.79 Å². The maximum atomic E-state index is 12.4. The van der Waals surface area contributed by atoms with Gasteiger partial charge in [0, 0.05) is 22.7 Å². The smallest absolute Gasteiger partial charge is 0.314 e. The van der Waals surface area contributed by atoms with E-state index in [4.69, 9.17) is 20.8 Å². The molecule has 1 aliphatic carbocycles. The van der Waals surface area contributed by atoms with Crippen LogP contribution in [0.2, 0.25) is 5.28 Å². The summed E-state index contributed by atoms with van der Waals surface area (Å²) in [4.78, 5) is 29.7. The molecule has 1 aliphatic heterocycles. The lowest BCUT2D eigenvalue weighted by atomic mass is 10.1. The zero-order chi connectivity index (χ0) is 21.1.